The van der Waals surface area contributed by atoms with Gasteiger partial charge in [-0.2, -0.15) is 0 Å². The van der Waals surface area contributed by atoms with Gasteiger partial charge in [0, 0.05) is 12.1 Å². The van der Waals surface area contributed by atoms with Crippen LogP contribution in [0, 0.1) is 6.92 Å². The molecule has 1 aromatic heterocycles. The van der Waals surface area contributed by atoms with Gasteiger partial charge >= 0.3 is 0 Å². The molecule has 2 rings (SSSR count). The molecule has 1 amide bonds. The molecule has 3 N–H and O–H groups in total. The van der Waals surface area contributed by atoms with Crippen molar-refractivity contribution in [3.63, 3.8) is 0 Å². The van der Waals surface area contributed by atoms with Crippen LogP contribution in [0.5, 0.6) is 0 Å². The number of imidazole rings is 1. The minimum absolute atomic E-state index is 0.0540. The van der Waals surface area contributed by atoms with Gasteiger partial charge in [-0.3, -0.25) is 4.79 Å². The summed E-state index contributed by atoms with van der Waals surface area (Å²) in [5.74, 6) is 0.781. The predicted octanol–water partition coefficient (Wildman–Crippen LogP) is 1.20. The lowest BCUT2D eigenvalue weighted by Crippen LogP contribution is -2.49. The number of carbonyl (C=O) groups is 1. The molecule has 0 aliphatic rings. The van der Waals surface area contributed by atoms with Gasteiger partial charge in [0.2, 0.25) is 5.91 Å². The smallest absolute Gasteiger partial charge is 0.240 e. The Morgan fingerprint density at radius 3 is 2.79 bits per heavy atom. The summed E-state index contributed by atoms with van der Waals surface area (Å²) >= 11 is 0. The van der Waals surface area contributed by atoms with Crippen molar-refractivity contribution in [2.45, 2.75) is 32.9 Å². The zero-order valence-electron chi connectivity index (χ0n) is 11.6. The third kappa shape index (κ3) is 2.93. The number of fused-ring (bicyclic) bond motifs is 1. The Balaban J connectivity index is 2.22. The zero-order chi connectivity index (χ0) is 14.0. The van der Waals surface area contributed by atoms with E-state index in [9.17, 15) is 4.79 Å². The molecule has 0 aliphatic carbocycles. The van der Waals surface area contributed by atoms with Crippen LogP contribution in [0.1, 0.15) is 19.7 Å². The maximum Gasteiger partial charge on any atom is 0.240 e. The molecule has 1 aromatic carbocycles. The zero-order valence-corrected chi connectivity index (χ0v) is 11.6. The maximum atomic E-state index is 12.1. The largest absolute Gasteiger partial charge is 0.348 e. The van der Waals surface area contributed by atoms with E-state index in [1.54, 1.807) is 0 Å². The summed E-state index contributed by atoms with van der Waals surface area (Å²) in [6, 6.07) is 7.80. The molecule has 5 heteroatoms. The van der Waals surface area contributed by atoms with E-state index < -0.39 is 0 Å². The molecule has 0 saturated heterocycles. The van der Waals surface area contributed by atoms with Crippen LogP contribution in [0.4, 0.5) is 0 Å². The van der Waals surface area contributed by atoms with E-state index in [4.69, 9.17) is 5.73 Å². The number of nitrogens with one attached hydrogen (secondary N) is 1. The second-order valence-corrected chi connectivity index (χ2v) is 5.37. The average Bonchev–Trinajstić information content (AvgIpc) is 2.66. The van der Waals surface area contributed by atoms with Gasteiger partial charge < -0.3 is 15.6 Å². The Morgan fingerprint density at radius 1 is 1.42 bits per heavy atom. The van der Waals surface area contributed by atoms with Crippen LogP contribution < -0.4 is 11.1 Å². The lowest BCUT2D eigenvalue weighted by molar-refractivity contribution is -0.123. The maximum absolute atomic E-state index is 12.1. The second-order valence-electron chi connectivity index (χ2n) is 5.37. The number of nitrogens with two attached hydrogens (primary N) is 1. The van der Waals surface area contributed by atoms with Gasteiger partial charge in [-0.05, 0) is 32.9 Å². The van der Waals surface area contributed by atoms with E-state index in [0.29, 0.717) is 6.54 Å². The quantitative estimate of drug-likeness (QED) is 0.867. The first-order valence-electron chi connectivity index (χ1n) is 6.36. The van der Waals surface area contributed by atoms with Crippen molar-refractivity contribution in [3.8, 4) is 0 Å². The van der Waals surface area contributed by atoms with E-state index in [-0.39, 0.29) is 18.0 Å². The number of amides is 1. The summed E-state index contributed by atoms with van der Waals surface area (Å²) in [4.78, 5) is 16.5. The predicted molar refractivity (Wildman–Crippen MR) is 75.7 cm³/mol. The Kier molecular flexibility index (Phi) is 3.57. The van der Waals surface area contributed by atoms with E-state index in [0.717, 1.165) is 16.9 Å². The highest BCUT2D eigenvalue weighted by Crippen LogP contribution is 2.15. The van der Waals surface area contributed by atoms with Crippen molar-refractivity contribution in [2.75, 3.05) is 6.54 Å². The van der Waals surface area contributed by atoms with E-state index in [1.165, 1.54) is 0 Å². The topological polar surface area (TPSA) is 72.9 Å². The number of hydrogen-bond acceptors (Lipinski definition) is 3. The highest BCUT2D eigenvalue weighted by Gasteiger charge is 2.19. The van der Waals surface area contributed by atoms with Crippen molar-refractivity contribution in [1.29, 1.82) is 0 Å². The molecule has 0 saturated carbocycles. The summed E-state index contributed by atoms with van der Waals surface area (Å²) in [7, 11) is 0. The van der Waals surface area contributed by atoms with Crippen LogP contribution in [-0.4, -0.2) is 27.5 Å². The molecule has 0 radical (unpaired) electrons. The van der Waals surface area contributed by atoms with Crippen molar-refractivity contribution in [2.24, 2.45) is 5.73 Å². The number of carbonyl (C=O) groups excluding carboxylic acids is 1. The van der Waals surface area contributed by atoms with Gasteiger partial charge in [-0.1, -0.05) is 12.1 Å². The molecule has 102 valence electrons. The molecule has 0 unspecified atom stereocenters. The van der Waals surface area contributed by atoms with Gasteiger partial charge in [0.05, 0.1) is 11.0 Å². The molecule has 2 aromatic rings. The van der Waals surface area contributed by atoms with Crippen LogP contribution in [0.3, 0.4) is 0 Å². The van der Waals surface area contributed by atoms with Crippen LogP contribution in [0.2, 0.25) is 0 Å². The molecule has 19 heavy (non-hydrogen) atoms. The summed E-state index contributed by atoms with van der Waals surface area (Å²) in [5, 5.41) is 2.92. The minimum Gasteiger partial charge on any atom is -0.348 e. The number of aromatic nitrogens is 2. The Bertz CT molecular complexity index is 601. The second kappa shape index (κ2) is 5.01. The molecule has 0 bridgehead atoms. The first-order chi connectivity index (χ1) is 8.93. The van der Waals surface area contributed by atoms with E-state index >= 15 is 0 Å². The molecule has 0 spiro atoms. The van der Waals surface area contributed by atoms with Crippen LogP contribution in [-0.2, 0) is 11.3 Å². The first kappa shape index (κ1) is 13.5. The number of rotatable bonds is 4. The Hall–Kier alpha value is -1.88. The highest BCUT2D eigenvalue weighted by molar-refractivity contribution is 5.81. The number of hydrogen-bond donors (Lipinski definition) is 2. The molecular formula is C14H20N4O. The fourth-order valence-electron chi connectivity index (χ4n) is 2.01. The number of aryl methyl sites for hydroxylation is 1. The van der Waals surface area contributed by atoms with Crippen LogP contribution >= 0.6 is 0 Å². The lowest BCUT2D eigenvalue weighted by Gasteiger charge is -2.24. The Morgan fingerprint density at radius 2 is 2.11 bits per heavy atom. The number of benzene rings is 1. The highest BCUT2D eigenvalue weighted by atomic mass is 16.2. The normalized spacial score (nSPS) is 11.8. The Labute approximate surface area is 112 Å². The molecule has 0 atom stereocenters. The molecular weight excluding hydrogens is 240 g/mol. The van der Waals surface area contributed by atoms with Crippen molar-refractivity contribution < 1.29 is 4.79 Å². The first-order valence-corrected chi connectivity index (χ1v) is 6.36. The number of nitrogens with zero attached hydrogens (tertiary/aromatic N) is 2. The summed E-state index contributed by atoms with van der Waals surface area (Å²) < 4.78 is 1.91. The molecule has 5 nitrogen and oxygen atoms in total. The third-order valence-corrected chi connectivity index (χ3v) is 3.14. The summed E-state index contributed by atoms with van der Waals surface area (Å²) in [5.41, 5.74) is 7.11. The van der Waals surface area contributed by atoms with Gasteiger partial charge in [0.15, 0.2) is 0 Å². The summed E-state index contributed by atoms with van der Waals surface area (Å²) in [6.07, 6.45) is 0. The van der Waals surface area contributed by atoms with Crippen LogP contribution in [0.25, 0.3) is 11.0 Å². The van der Waals surface area contributed by atoms with E-state index in [2.05, 4.69) is 10.3 Å². The minimum atomic E-state index is -0.388. The monoisotopic (exact) mass is 260 g/mol. The average molecular weight is 260 g/mol. The van der Waals surface area contributed by atoms with Gasteiger partial charge in [-0.15, -0.1) is 0 Å². The lowest BCUT2D eigenvalue weighted by atomic mass is 10.1. The molecule has 0 aliphatic heterocycles. The fourth-order valence-corrected chi connectivity index (χ4v) is 2.01. The van der Waals surface area contributed by atoms with E-state index in [1.807, 2.05) is 49.6 Å². The van der Waals surface area contributed by atoms with Crippen molar-refractivity contribution in [1.82, 2.24) is 14.9 Å². The molecule has 1 heterocycles. The SMILES string of the molecule is Cc1nc2ccccc2n1CC(=O)NC(C)(C)CN. The standard InChI is InChI=1S/C14H20N4O/c1-10-16-11-6-4-5-7-12(11)18(10)8-13(19)17-14(2,3)9-15/h4-7H,8-9,15H2,1-3H3,(H,17,19). The van der Waals surface area contributed by atoms with Gasteiger partial charge in [-0.25, -0.2) is 4.98 Å². The van der Waals surface area contributed by atoms with Crippen molar-refractivity contribution in [3.05, 3.63) is 30.1 Å². The summed E-state index contributed by atoms with van der Waals surface area (Å²) in [6.45, 7) is 6.38. The third-order valence-electron chi connectivity index (χ3n) is 3.14. The number of para-hydroxylation sites is 2. The van der Waals surface area contributed by atoms with Crippen molar-refractivity contribution >= 4 is 16.9 Å². The molecule has 0 fully saturated rings. The van der Waals surface area contributed by atoms with Gasteiger partial charge in [0.1, 0.15) is 12.4 Å². The fraction of sp³-hybridized carbons (Fsp3) is 0.429. The van der Waals surface area contributed by atoms with Gasteiger partial charge in [0.25, 0.3) is 0 Å². The van der Waals surface area contributed by atoms with Crippen LogP contribution in [0.15, 0.2) is 24.3 Å².